The van der Waals surface area contributed by atoms with E-state index in [1.807, 2.05) is 12.1 Å². The molecule has 0 spiro atoms. The molecular formula is C17H17FN2O3. The van der Waals surface area contributed by atoms with Crippen molar-refractivity contribution >= 4 is 5.97 Å². The Balaban J connectivity index is 1.63. The fourth-order valence-corrected chi connectivity index (χ4v) is 2.63. The summed E-state index contributed by atoms with van der Waals surface area (Å²) in [5.41, 5.74) is 0.815. The van der Waals surface area contributed by atoms with Gasteiger partial charge in [-0.05, 0) is 43.3 Å². The second-order valence-corrected chi connectivity index (χ2v) is 5.58. The van der Waals surface area contributed by atoms with Crippen LogP contribution in [0.2, 0.25) is 0 Å². The van der Waals surface area contributed by atoms with Gasteiger partial charge in [0.25, 0.3) is 0 Å². The van der Waals surface area contributed by atoms with Crippen LogP contribution in [-0.2, 0) is 11.3 Å². The summed E-state index contributed by atoms with van der Waals surface area (Å²) in [6.07, 6.45) is 0.668. The van der Waals surface area contributed by atoms with E-state index in [2.05, 4.69) is 9.88 Å². The summed E-state index contributed by atoms with van der Waals surface area (Å²) >= 11 is 0. The normalized spacial score (nSPS) is 18.0. The maximum atomic E-state index is 12.9. The Kier molecular flexibility index (Phi) is 4.52. The third kappa shape index (κ3) is 4.04. The highest BCUT2D eigenvalue weighted by atomic mass is 19.1. The number of hydrogen-bond acceptors (Lipinski definition) is 4. The van der Waals surface area contributed by atoms with Crippen LogP contribution in [0.5, 0.6) is 11.6 Å². The lowest BCUT2D eigenvalue weighted by Crippen LogP contribution is -2.23. The van der Waals surface area contributed by atoms with Gasteiger partial charge in [0, 0.05) is 19.2 Å². The van der Waals surface area contributed by atoms with Crippen LogP contribution in [0.4, 0.5) is 4.39 Å². The second kappa shape index (κ2) is 6.75. The maximum Gasteiger partial charge on any atom is 0.307 e. The number of halogens is 1. The molecular weight excluding hydrogens is 299 g/mol. The van der Waals surface area contributed by atoms with Crippen LogP contribution in [0.25, 0.3) is 0 Å². The average molecular weight is 316 g/mol. The molecule has 1 unspecified atom stereocenters. The van der Waals surface area contributed by atoms with Crippen molar-refractivity contribution in [1.82, 2.24) is 9.88 Å². The number of carboxylic acid groups (broad SMARTS) is 1. The van der Waals surface area contributed by atoms with Crippen LogP contribution in [0.15, 0.2) is 42.5 Å². The quantitative estimate of drug-likeness (QED) is 0.919. The van der Waals surface area contributed by atoms with Crippen molar-refractivity contribution in [3.63, 3.8) is 0 Å². The molecule has 6 heteroatoms. The minimum Gasteiger partial charge on any atom is -0.481 e. The Morgan fingerprint density at radius 2 is 2.09 bits per heavy atom. The third-order valence-corrected chi connectivity index (χ3v) is 3.82. The minimum atomic E-state index is -0.742. The molecule has 2 aromatic rings. The zero-order chi connectivity index (χ0) is 16.2. The number of carbonyl (C=O) groups is 1. The molecule has 1 atom stereocenters. The first-order chi connectivity index (χ1) is 11.1. The van der Waals surface area contributed by atoms with E-state index in [-0.39, 0.29) is 11.7 Å². The summed E-state index contributed by atoms with van der Waals surface area (Å²) in [6, 6.07) is 11.2. The van der Waals surface area contributed by atoms with E-state index in [1.54, 1.807) is 18.2 Å². The summed E-state index contributed by atoms with van der Waals surface area (Å²) < 4.78 is 18.5. The van der Waals surface area contributed by atoms with Crippen molar-refractivity contribution in [2.75, 3.05) is 13.1 Å². The molecule has 1 aromatic carbocycles. The van der Waals surface area contributed by atoms with E-state index >= 15 is 0 Å². The molecule has 1 aromatic heterocycles. The van der Waals surface area contributed by atoms with Crippen molar-refractivity contribution in [3.8, 4) is 11.6 Å². The lowest BCUT2D eigenvalue weighted by atomic mass is 10.1. The Labute approximate surface area is 133 Å². The van der Waals surface area contributed by atoms with Gasteiger partial charge in [-0.15, -0.1) is 0 Å². The molecule has 1 fully saturated rings. The molecule has 0 saturated carbocycles. The minimum absolute atomic E-state index is 0.298. The van der Waals surface area contributed by atoms with Gasteiger partial charge < -0.3 is 9.84 Å². The van der Waals surface area contributed by atoms with Crippen molar-refractivity contribution in [2.24, 2.45) is 5.92 Å². The van der Waals surface area contributed by atoms with Crippen molar-refractivity contribution < 1.29 is 19.0 Å². The summed E-state index contributed by atoms with van der Waals surface area (Å²) in [5, 5.41) is 9.04. The molecule has 1 aliphatic heterocycles. The molecule has 120 valence electrons. The standard InChI is InChI=1S/C17H17FN2O3/c18-13-4-6-15(7-5-13)23-16-3-1-2-14(19-16)11-20-9-8-12(10-20)17(21)22/h1-7,12H,8-11H2,(H,21,22). The first-order valence-corrected chi connectivity index (χ1v) is 7.44. The highest BCUT2D eigenvalue weighted by Crippen LogP contribution is 2.22. The van der Waals surface area contributed by atoms with Crippen LogP contribution in [0.3, 0.4) is 0 Å². The lowest BCUT2D eigenvalue weighted by molar-refractivity contribution is -0.141. The predicted octanol–water partition coefficient (Wildman–Crippen LogP) is 2.92. The number of hydrogen-bond donors (Lipinski definition) is 1. The molecule has 0 amide bonds. The molecule has 1 N–H and O–H groups in total. The predicted molar refractivity (Wildman–Crippen MR) is 81.7 cm³/mol. The molecule has 1 aliphatic rings. The number of rotatable bonds is 5. The lowest BCUT2D eigenvalue weighted by Gasteiger charge is -2.15. The first kappa shape index (κ1) is 15.4. The number of pyridine rings is 1. The maximum absolute atomic E-state index is 12.9. The number of benzene rings is 1. The van der Waals surface area contributed by atoms with Crippen molar-refractivity contribution in [3.05, 3.63) is 54.0 Å². The molecule has 5 nitrogen and oxygen atoms in total. The van der Waals surface area contributed by atoms with Crippen LogP contribution >= 0.6 is 0 Å². The molecule has 2 heterocycles. The number of nitrogens with zero attached hydrogens (tertiary/aromatic N) is 2. The SMILES string of the molecule is O=C(O)C1CCN(Cc2cccc(Oc3ccc(F)cc3)n2)C1. The second-order valence-electron chi connectivity index (χ2n) is 5.58. The fourth-order valence-electron chi connectivity index (χ4n) is 2.63. The highest BCUT2D eigenvalue weighted by Gasteiger charge is 2.27. The highest BCUT2D eigenvalue weighted by molar-refractivity contribution is 5.70. The molecule has 0 aliphatic carbocycles. The van der Waals surface area contributed by atoms with Gasteiger partial charge in [0.1, 0.15) is 11.6 Å². The van der Waals surface area contributed by atoms with Gasteiger partial charge in [0.15, 0.2) is 0 Å². The van der Waals surface area contributed by atoms with Gasteiger partial charge in [-0.2, -0.15) is 0 Å². The Hall–Kier alpha value is -2.47. The van der Waals surface area contributed by atoms with E-state index < -0.39 is 5.97 Å². The van der Waals surface area contributed by atoms with E-state index in [0.29, 0.717) is 31.1 Å². The van der Waals surface area contributed by atoms with Crippen LogP contribution in [-0.4, -0.2) is 34.0 Å². The van der Waals surface area contributed by atoms with Gasteiger partial charge in [-0.3, -0.25) is 9.69 Å². The summed E-state index contributed by atoms with van der Waals surface area (Å²) in [5.74, 6) is -0.408. The van der Waals surface area contributed by atoms with Crippen LogP contribution < -0.4 is 4.74 Å². The monoisotopic (exact) mass is 316 g/mol. The zero-order valence-corrected chi connectivity index (χ0v) is 12.5. The van der Waals surface area contributed by atoms with Gasteiger partial charge in [0.05, 0.1) is 11.6 Å². The summed E-state index contributed by atoms with van der Waals surface area (Å²) in [6.45, 7) is 1.88. The van der Waals surface area contributed by atoms with E-state index in [4.69, 9.17) is 9.84 Å². The molecule has 23 heavy (non-hydrogen) atoms. The molecule has 0 radical (unpaired) electrons. The van der Waals surface area contributed by atoms with Crippen molar-refractivity contribution in [2.45, 2.75) is 13.0 Å². The smallest absolute Gasteiger partial charge is 0.307 e. The largest absolute Gasteiger partial charge is 0.481 e. The summed E-state index contributed by atoms with van der Waals surface area (Å²) in [4.78, 5) is 17.5. The zero-order valence-electron chi connectivity index (χ0n) is 12.5. The van der Waals surface area contributed by atoms with Gasteiger partial charge in [0.2, 0.25) is 5.88 Å². The van der Waals surface area contributed by atoms with Gasteiger partial charge in [-0.25, -0.2) is 9.37 Å². The molecule has 3 rings (SSSR count). The van der Waals surface area contributed by atoms with E-state index in [1.165, 1.54) is 12.1 Å². The number of likely N-dealkylation sites (tertiary alicyclic amines) is 1. The Morgan fingerprint density at radius 1 is 1.30 bits per heavy atom. The number of carboxylic acids is 1. The third-order valence-electron chi connectivity index (χ3n) is 3.82. The Bertz CT molecular complexity index is 690. The molecule has 1 saturated heterocycles. The first-order valence-electron chi connectivity index (χ1n) is 7.44. The Morgan fingerprint density at radius 3 is 2.78 bits per heavy atom. The molecule has 0 bridgehead atoms. The van der Waals surface area contributed by atoms with Crippen molar-refractivity contribution in [1.29, 1.82) is 0 Å². The average Bonchev–Trinajstić information content (AvgIpc) is 2.99. The number of aliphatic carboxylic acids is 1. The van der Waals surface area contributed by atoms with Gasteiger partial charge in [-0.1, -0.05) is 6.07 Å². The van der Waals surface area contributed by atoms with Gasteiger partial charge >= 0.3 is 5.97 Å². The number of ether oxygens (including phenoxy) is 1. The fraction of sp³-hybridized carbons (Fsp3) is 0.294. The summed E-state index contributed by atoms with van der Waals surface area (Å²) in [7, 11) is 0. The number of aromatic nitrogens is 1. The van der Waals surface area contributed by atoms with E-state index in [0.717, 1.165) is 12.2 Å². The topological polar surface area (TPSA) is 62.7 Å². The van der Waals surface area contributed by atoms with Crippen LogP contribution in [0, 0.1) is 11.7 Å². The van der Waals surface area contributed by atoms with E-state index in [9.17, 15) is 9.18 Å². The van der Waals surface area contributed by atoms with Crippen LogP contribution in [0.1, 0.15) is 12.1 Å².